The Hall–Kier alpha value is -1.30. The van der Waals surface area contributed by atoms with Crippen LogP contribution in [0.4, 0.5) is 0 Å². The van der Waals surface area contributed by atoms with E-state index in [1.165, 1.54) is 30.2 Å². The molecule has 0 heterocycles. The summed E-state index contributed by atoms with van der Waals surface area (Å²) in [6, 6.07) is 11.8. The van der Waals surface area contributed by atoms with Gasteiger partial charge in [0, 0.05) is 0 Å². The molecule has 2 aromatic carbocycles. The van der Waals surface area contributed by atoms with E-state index in [0.717, 1.165) is 23.7 Å². The average Bonchev–Trinajstić information content (AvgIpc) is 2.97. The van der Waals surface area contributed by atoms with E-state index in [1.54, 1.807) is 16.5 Å². The Kier molecular flexibility index (Phi) is 2.70. The maximum absolute atomic E-state index is 2.48. The quantitative estimate of drug-likeness (QED) is 0.644. The van der Waals surface area contributed by atoms with Gasteiger partial charge in [-0.1, -0.05) is 62.6 Å². The summed E-state index contributed by atoms with van der Waals surface area (Å²) in [5, 5.41) is 3.07. The van der Waals surface area contributed by atoms with E-state index in [4.69, 9.17) is 0 Å². The summed E-state index contributed by atoms with van der Waals surface area (Å²) in [6.07, 6.45) is 4.11. The third kappa shape index (κ3) is 1.48. The molecule has 4 rings (SSSR count). The van der Waals surface area contributed by atoms with Crippen LogP contribution in [-0.4, -0.2) is 0 Å². The summed E-state index contributed by atoms with van der Waals surface area (Å²) in [7, 11) is 0. The predicted octanol–water partition coefficient (Wildman–Crippen LogP) is 5.79. The van der Waals surface area contributed by atoms with E-state index < -0.39 is 0 Å². The summed E-state index contributed by atoms with van der Waals surface area (Å²) in [5.41, 5.74) is 4.76. The molecule has 2 aliphatic rings. The molecular weight excluding hydrogens is 240 g/mol. The molecule has 0 saturated heterocycles. The molecule has 20 heavy (non-hydrogen) atoms. The Morgan fingerprint density at radius 2 is 1.65 bits per heavy atom. The van der Waals surface area contributed by atoms with Crippen LogP contribution in [0.3, 0.4) is 0 Å². The van der Waals surface area contributed by atoms with Crippen LogP contribution in [0.2, 0.25) is 0 Å². The van der Waals surface area contributed by atoms with Crippen molar-refractivity contribution in [1.29, 1.82) is 0 Å². The van der Waals surface area contributed by atoms with E-state index in [-0.39, 0.29) is 0 Å². The fraction of sp³-hybridized carbons (Fsp3) is 0.500. The minimum Gasteiger partial charge on any atom is -0.0651 e. The van der Waals surface area contributed by atoms with Crippen molar-refractivity contribution in [2.75, 3.05) is 0 Å². The summed E-state index contributed by atoms with van der Waals surface area (Å²) in [5.74, 6) is 3.38. The van der Waals surface area contributed by atoms with Crippen LogP contribution in [0.15, 0.2) is 30.3 Å². The van der Waals surface area contributed by atoms with Gasteiger partial charge in [0.1, 0.15) is 0 Å². The Morgan fingerprint density at radius 1 is 0.950 bits per heavy atom. The van der Waals surface area contributed by atoms with E-state index in [2.05, 4.69) is 51.1 Å². The highest BCUT2D eigenvalue weighted by atomic mass is 14.5. The standard InChI is InChI=1S/C20H24/c1-4-13-11-14(5-2)20-17-10-12(3)9-15-7-6-8-16(18(15)17)19(13)20/h6-10,13-14,19-20H,4-5,11H2,1-3H3. The lowest BCUT2D eigenvalue weighted by molar-refractivity contribution is 0.452. The van der Waals surface area contributed by atoms with Gasteiger partial charge >= 0.3 is 0 Å². The normalized spacial score (nSPS) is 30.9. The molecule has 0 radical (unpaired) electrons. The maximum Gasteiger partial charge on any atom is -0.00555 e. The lowest BCUT2D eigenvalue weighted by Gasteiger charge is -2.20. The van der Waals surface area contributed by atoms with Gasteiger partial charge in [-0.15, -0.1) is 0 Å². The minimum atomic E-state index is 0.796. The smallest absolute Gasteiger partial charge is 0.00555 e. The molecule has 0 amide bonds. The lowest BCUT2D eigenvalue weighted by Crippen LogP contribution is -2.08. The molecule has 2 aromatic rings. The van der Waals surface area contributed by atoms with Crippen molar-refractivity contribution in [2.45, 2.75) is 51.9 Å². The van der Waals surface area contributed by atoms with Gasteiger partial charge in [-0.05, 0) is 58.9 Å². The second kappa shape index (κ2) is 4.35. The fourth-order valence-corrected chi connectivity index (χ4v) is 5.19. The van der Waals surface area contributed by atoms with Crippen molar-refractivity contribution in [2.24, 2.45) is 11.8 Å². The highest BCUT2D eigenvalue weighted by Gasteiger charge is 2.47. The van der Waals surface area contributed by atoms with Crippen molar-refractivity contribution < 1.29 is 0 Å². The first kappa shape index (κ1) is 12.4. The van der Waals surface area contributed by atoms with Crippen LogP contribution in [0.1, 0.15) is 61.6 Å². The van der Waals surface area contributed by atoms with Crippen LogP contribution >= 0.6 is 0 Å². The zero-order chi connectivity index (χ0) is 13.9. The predicted molar refractivity (Wildman–Crippen MR) is 86.3 cm³/mol. The molecule has 104 valence electrons. The molecule has 0 aromatic heterocycles. The number of aryl methyl sites for hydroxylation is 1. The zero-order valence-corrected chi connectivity index (χ0v) is 12.8. The van der Waals surface area contributed by atoms with Gasteiger partial charge < -0.3 is 0 Å². The zero-order valence-electron chi connectivity index (χ0n) is 12.8. The molecule has 4 unspecified atom stereocenters. The molecule has 4 atom stereocenters. The monoisotopic (exact) mass is 264 g/mol. The molecule has 0 bridgehead atoms. The molecule has 0 spiro atoms. The molecular formula is C20H24. The summed E-state index contributed by atoms with van der Waals surface area (Å²) < 4.78 is 0. The van der Waals surface area contributed by atoms with Crippen LogP contribution < -0.4 is 0 Å². The average molecular weight is 264 g/mol. The first-order valence-corrected chi connectivity index (χ1v) is 8.27. The number of fused-ring (bicyclic) bond motifs is 3. The van der Waals surface area contributed by atoms with Gasteiger partial charge in [0.15, 0.2) is 0 Å². The summed E-state index contributed by atoms with van der Waals surface area (Å²) >= 11 is 0. The third-order valence-corrected chi connectivity index (χ3v) is 5.96. The Labute approximate surface area is 122 Å². The third-order valence-electron chi connectivity index (χ3n) is 5.96. The SMILES string of the molecule is CCC1CC(CC)C2c3cc(C)cc4cccc(c34)C12. The first-order valence-electron chi connectivity index (χ1n) is 8.27. The summed E-state index contributed by atoms with van der Waals surface area (Å²) in [4.78, 5) is 0. The van der Waals surface area contributed by atoms with Gasteiger partial charge in [0.2, 0.25) is 0 Å². The Morgan fingerprint density at radius 3 is 2.35 bits per heavy atom. The van der Waals surface area contributed by atoms with Crippen molar-refractivity contribution >= 4 is 10.8 Å². The topological polar surface area (TPSA) is 0 Å². The van der Waals surface area contributed by atoms with Gasteiger partial charge in [-0.2, -0.15) is 0 Å². The van der Waals surface area contributed by atoms with E-state index in [9.17, 15) is 0 Å². The Balaban J connectivity index is 2.00. The minimum absolute atomic E-state index is 0.796. The molecule has 1 fully saturated rings. The molecule has 0 heteroatoms. The second-order valence-electron chi connectivity index (χ2n) is 6.92. The van der Waals surface area contributed by atoms with E-state index >= 15 is 0 Å². The van der Waals surface area contributed by atoms with E-state index in [1.807, 2.05) is 0 Å². The van der Waals surface area contributed by atoms with E-state index in [0.29, 0.717) is 0 Å². The van der Waals surface area contributed by atoms with Gasteiger partial charge in [-0.25, -0.2) is 0 Å². The number of hydrogen-bond acceptors (Lipinski definition) is 0. The molecule has 0 nitrogen and oxygen atoms in total. The Bertz CT molecular complexity index is 667. The highest BCUT2D eigenvalue weighted by molar-refractivity contribution is 5.93. The highest BCUT2D eigenvalue weighted by Crippen LogP contribution is 2.61. The van der Waals surface area contributed by atoms with Crippen molar-refractivity contribution in [3.63, 3.8) is 0 Å². The second-order valence-corrected chi connectivity index (χ2v) is 6.92. The molecule has 1 saturated carbocycles. The van der Waals surface area contributed by atoms with Crippen molar-refractivity contribution in [1.82, 2.24) is 0 Å². The fourth-order valence-electron chi connectivity index (χ4n) is 5.19. The number of rotatable bonds is 2. The summed E-state index contributed by atoms with van der Waals surface area (Å²) in [6.45, 7) is 7.02. The van der Waals surface area contributed by atoms with Crippen LogP contribution in [0.25, 0.3) is 10.8 Å². The van der Waals surface area contributed by atoms with Crippen LogP contribution in [0.5, 0.6) is 0 Å². The van der Waals surface area contributed by atoms with Gasteiger partial charge in [-0.3, -0.25) is 0 Å². The van der Waals surface area contributed by atoms with Crippen molar-refractivity contribution in [3.8, 4) is 0 Å². The molecule has 0 aliphatic heterocycles. The largest absolute Gasteiger partial charge is 0.0651 e. The molecule has 0 N–H and O–H groups in total. The maximum atomic E-state index is 2.48. The number of hydrogen-bond donors (Lipinski definition) is 0. The van der Waals surface area contributed by atoms with Gasteiger partial charge in [0.05, 0.1) is 0 Å². The van der Waals surface area contributed by atoms with Crippen molar-refractivity contribution in [3.05, 3.63) is 47.0 Å². The lowest BCUT2D eigenvalue weighted by atomic mass is 9.83. The number of benzene rings is 2. The van der Waals surface area contributed by atoms with Crippen LogP contribution in [0, 0.1) is 18.8 Å². The molecule has 2 aliphatic carbocycles. The first-order chi connectivity index (χ1) is 9.74. The van der Waals surface area contributed by atoms with Gasteiger partial charge in [0.25, 0.3) is 0 Å². The van der Waals surface area contributed by atoms with Crippen LogP contribution in [-0.2, 0) is 0 Å².